The Morgan fingerprint density at radius 2 is 1.83 bits per heavy atom. The largest absolute Gasteiger partial charge is 0.324 e. The van der Waals surface area contributed by atoms with Gasteiger partial charge in [-0.05, 0) is 50.1 Å². The van der Waals surface area contributed by atoms with Gasteiger partial charge in [0, 0.05) is 19.7 Å². The third-order valence-corrected chi connectivity index (χ3v) is 4.99. The zero-order chi connectivity index (χ0) is 21.3. The molecule has 0 radical (unpaired) electrons. The van der Waals surface area contributed by atoms with E-state index in [-0.39, 0.29) is 17.6 Å². The first-order valence-corrected chi connectivity index (χ1v) is 9.34. The molecule has 150 valence electrons. The molecular formula is C22H24N4O3. The summed E-state index contributed by atoms with van der Waals surface area (Å²) in [5, 5.41) is 2.91. The maximum atomic E-state index is 13.2. The Kier molecular flexibility index (Phi) is 5.50. The molecule has 1 N–H and O–H groups in total. The van der Waals surface area contributed by atoms with Crippen molar-refractivity contribution in [2.75, 3.05) is 17.3 Å². The predicted octanol–water partition coefficient (Wildman–Crippen LogP) is 3.20. The van der Waals surface area contributed by atoms with Crippen molar-refractivity contribution in [3.05, 3.63) is 63.9 Å². The van der Waals surface area contributed by atoms with Crippen molar-refractivity contribution < 1.29 is 9.59 Å². The molecule has 1 atom stereocenters. The number of carbonyl (C=O) groups excluding carboxylic acids is 2. The van der Waals surface area contributed by atoms with Crippen LogP contribution in [0.3, 0.4) is 0 Å². The Labute approximate surface area is 169 Å². The second-order valence-electron chi connectivity index (χ2n) is 7.16. The first-order valence-electron chi connectivity index (χ1n) is 9.34. The summed E-state index contributed by atoms with van der Waals surface area (Å²) in [7, 11) is 1.49. The Morgan fingerprint density at radius 1 is 1.14 bits per heavy atom. The van der Waals surface area contributed by atoms with Crippen LogP contribution in [-0.2, 0) is 9.59 Å². The SMILES string of the molecule is CC(=O)N(C)c1nc2ccccc2n([C@@H](C)C(=O)Nc2cc(C)ccc2C)c1=O. The van der Waals surface area contributed by atoms with E-state index in [0.29, 0.717) is 16.7 Å². The smallest absolute Gasteiger partial charge is 0.295 e. The van der Waals surface area contributed by atoms with Crippen LogP contribution in [0.5, 0.6) is 0 Å². The summed E-state index contributed by atoms with van der Waals surface area (Å²) in [6.07, 6.45) is 0. The van der Waals surface area contributed by atoms with Crippen molar-refractivity contribution in [2.45, 2.75) is 33.7 Å². The van der Waals surface area contributed by atoms with Crippen molar-refractivity contribution in [1.29, 1.82) is 0 Å². The molecule has 3 aromatic rings. The number of hydrogen-bond acceptors (Lipinski definition) is 4. The molecule has 0 fully saturated rings. The molecule has 0 aliphatic carbocycles. The van der Waals surface area contributed by atoms with E-state index in [1.807, 2.05) is 32.0 Å². The summed E-state index contributed by atoms with van der Waals surface area (Å²) in [5.41, 5.74) is 3.22. The van der Waals surface area contributed by atoms with E-state index in [2.05, 4.69) is 10.3 Å². The van der Waals surface area contributed by atoms with Crippen LogP contribution in [0, 0.1) is 13.8 Å². The minimum atomic E-state index is -0.811. The molecule has 0 aliphatic heterocycles. The van der Waals surface area contributed by atoms with Gasteiger partial charge < -0.3 is 5.32 Å². The fourth-order valence-electron chi connectivity index (χ4n) is 3.12. The number of carbonyl (C=O) groups is 2. The molecule has 2 aromatic carbocycles. The van der Waals surface area contributed by atoms with Gasteiger partial charge in [-0.25, -0.2) is 4.98 Å². The van der Waals surface area contributed by atoms with Gasteiger partial charge in [0.25, 0.3) is 5.56 Å². The fraction of sp³-hybridized carbons (Fsp3) is 0.273. The number of aromatic nitrogens is 2. The van der Waals surface area contributed by atoms with Crippen LogP contribution < -0.4 is 15.8 Å². The first kappa shape index (κ1) is 20.3. The van der Waals surface area contributed by atoms with Gasteiger partial charge in [-0.2, -0.15) is 0 Å². The molecule has 0 saturated heterocycles. The zero-order valence-corrected chi connectivity index (χ0v) is 17.2. The van der Waals surface area contributed by atoms with Gasteiger partial charge >= 0.3 is 0 Å². The summed E-state index contributed by atoms with van der Waals surface area (Å²) in [5.74, 6) is -0.653. The normalized spacial score (nSPS) is 11.9. The van der Waals surface area contributed by atoms with Crippen molar-refractivity contribution in [2.24, 2.45) is 0 Å². The highest BCUT2D eigenvalue weighted by atomic mass is 16.2. The zero-order valence-electron chi connectivity index (χ0n) is 17.2. The van der Waals surface area contributed by atoms with E-state index in [4.69, 9.17) is 0 Å². The second-order valence-corrected chi connectivity index (χ2v) is 7.16. The highest BCUT2D eigenvalue weighted by Gasteiger charge is 2.24. The van der Waals surface area contributed by atoms with E-state index in [0.717, 1.165) is 11.1 Å². The van der Waals surface area contributed by atoms with Crippen LogP contribution in [-0.4, -0.2) is 28.4 Å². The van der Waals surface area contributed by atoms with Gasteiger partial charge in [-0.3, -0.25) is 23.9 Å². The maximum absolute atomic E-state index is 13.2. The number of rotatable bonds is 4. The molecular weight excluding hydrogens is 368 g/mol. The third-order valence-electron chi connectivity index (χ3n) is 4.99. The topological polar surface area (TPSA) is 84.3 Å². The van der Waals surface area contributed by atoms with Crippen LogP contribution in [0.4, 0.5) is 11.5 Å². The van der Waals surface area contributed by atoms with Gasteiger partial charge in [0.1, 0.15) is 6.04 Å². The average Bonchev–Trinajstić information content (AvgIpc) is 2.69. The van der Waals surface area contributed by atoms with Gasteiger partial charge in [0.15, 0.2) is 0 Å². The Morgan fingerprint density at radius 3 is 2.52 bits per heavy atom. The van der Waals surface area contributed by atoms with E-state index < -0.39 is 11.6 Å². The van der Waals surface area contributed by atoms with Gasteiger partial charge in [0.2, 0.25) is 17.6 Å². The number of fused-ring (bicyclic) bond motifs is 1. The first-order chi connectivity index (χ1) is 13.7. The van der Waals surface area contributed by atoms with Gasteiger partial charge in [0.05, 0.1) is 11.0 Å². The highest BCUT2D eigenvalue weighted by Crippen LogP contribution is 2.21. The summed E-state index contributed by atoms with van der Waals surface area (Å²) in [6.45, 7) is 6.88. The molecule has 2 amide bonds. The van der Waals surface area contributed by atoms with Gasteiger partial charge in [-0.1, -0.05) is 24.3 Å². The van der Waals surface area contributed by atoms with E-state index in [1.165, 1.54) is 23.4 Å². The molecule has 29 heavy (non-hydrogen) atoms. The van der Waals surface area contributed by atoms with Crippen molar-refractivity contribution in [3.63, 3.8) is 0 Å². The molecule has 1 heterocycles. The van der Waals surface area contributed by atoms with Crippen LogP contribution >= 0.6 is 0 Å². The molecule has 3 rings (SSSR count). The van der Waals surface area contributed by atoms with Crippen molar-refractivity contribution in [1.82, 2.24) is 9.55 Å². The minimum Gasteiger partial charge on any atom is -0.324 e. The van der Waals surface area contributed by atoms with E-state index in [1.54, 1.807) is 31.2 Å². The van der Waals surface area contributed by atoms with Crippen LogP contribution in [0.2, 0.25) is 0 Å². The highest BCUT2D eigenvalue weighted by molar-refractivity contribution is 5.96. The van der Waals surface area contributed by atoms with Crippen LogP contribution in [0.25, 0.3) is 11.0 Å². The van der Waals surface area contributed by atoms with Crippen molar-refractivity contribution >= 4 is 34.4 Å². The summed E-state index contributed by atoms with van der Waals surface area (Å²) in [4.78, 5) is 43.6. The number of aryl methyl sites for hydroxylation is 2. The summed E-state index contributed by atoms with van der Waals surface area (Å²) >= 11 is 0. The number of amides is 2. The number of nitrogens with one attached hydrogen (secondary N) is 1. The molecule has 1 aromatic heterocycles. The molecule has 7 nitrogen and oxygen atoms in total. The lowest BCUT2D eigenvalue weighted by molar-refractivity contribution is -0.118. The summed E-state index contributed by atoms with van der Waals surface area (Å²) < 4.78 is 1.39. The molecule has 0 saturated carbocycles. The molecule has 7 heteroatoms. The Hall–Kier alpha value is -3.48. The number of benzene rings is 2. The maximum Gasteiger partial charge on any atom is 0.295 e. The molecule has 0 bridgehead atoms. The van der Waals surface area contributed by atoms with Crippen LogP contribution in [0.15, 0.2) is 47.3 Å². The minimum absolute atomic E-state index is 0.0115. The lowest BCUT2D eigenvalue weighted by Crippen LogP contribution is -2.37. The monoisotopic (exact) mass is 392 g/mol. The Balaban J connectivity index is 2.11. The predicted molar refractivity (Wildman–Crippen MR) is 114 cm³/mol. The van der Waals surface area contributed by atoms with Crippen LogP contribution in [0.1, 0.15) is 31.0 Å². The number of hydrogen-bond donors (Lipinski definition) is 1. The molecule has 0 aliphatic rings. The quantitative estimate of drug-likeness (QED) is 0.739. The number of anilines is 2. The third kappa shape index (κ3) is 3.89. The van der Waals surface area contributed by atoms with E-state index in [9.17, 15) is 14.4 Å². The number of nitrogens with zero attached hydrogens (tertiary/aromatic N) is 3. The second kappa shape index (κ2) is 7.87. The molecule has 0 spiro atoms. The summed E-state index contributed by atoms with van der Waals surface area (Å²) in [6, 6.07) is 12.0. The lowest BCUT2D eigenvalue weighted by atomic mass is 10.1. The number of para-hydroxylation sites is 2. The average molecular weight is 392 g/mol. The van der Waals surface area contributed by atoms with Gasteiger partial charge in [-0.15, -0.1) is 0 Å². The van der Waals surface area contributed by atoms with E-state index >= 15 is 0 Å². The fourth-order valence-corrected chi connectivity index (χ4v) is 3.12. The van der Waals surface area contributed by atoms with Crippen molar-refractivity contribution in [3.8, 4) is 0 Å². The Bertz CT molecular complexity index is 1170. The standard InChI is InChI=1S/C22H24N4O3/c1-13-10-11-14(2)18(12-13)24-21(28)15(3)26-19-9-7-6-8-17(19)23-20(22(26)29)25(5)16(4)27/h6-12,15H,1-5H3,(H,24,28)/t15-/m0/s1. The lowest BCUT2D eigenvalue weighted by Gasteiger charge is -2.21. The molecule has 0 unspecified atom stereocenters.